The molecule has 0 radical (unpaired) electrons. The van der Waals surface area contributed by atoms with E-state index in [0.717, 1.165) is 37.3 Å². The quantitative estimate of drug-likeness (QED) is 0.612. The van der Waals surface area contributed by atoms with Crippen molar-refractivity contribution in [2.45, 2.75) is 39.8 Å². The van der Waals surface area contributed by atoms with Crippen LogP contribution < -0.4 is 0 Å². The van der Waals surface area contributed by atoms with Gasteiger partial charge in [0.25, 0.3) is 5.91 Å². The number of benzene rings is 1. The summed E-state index contributed by atoms with van der Waals surface area (Å²) in [6.45, 7) is 7.37. The van der Waals surface area contributed by atoms with Crippen LogP contribution in [0.15, 0.2) is 35.1 Å². The zero-order valence-electron chi connectivity index (χ0n) is 17.1. The second-order valence-electron chi connectivity index (χ2n) is 7.38. The molecule has 0 aliphatic carbocycles. The van der Waals surface area contributed by atoms with E-state index in [9.17, 15) is 4.79 Å². The van der Waals surface area contributed by atoms with Gasteiger partial charge in [0.2, 0.25) is 11.7 Å². The van der Waals surface area contributed by atoms with Crippen molar-refractivity contribution in [1.82, 2.24) is 29.5 Å². The zero-order chi connectivity index (χ0) is 20.4. The number of rotatable bonds is 7. The van der Waals surface area contributed by atoms with Crippen LogP contribution in [0.5, 0.6) is 0 Å². The van der Waals surface area contributed by atoms with E-state index in [1.807, 2.05) is 28.8 Å². The Bertz CT molecular complexity index is 1000. The Labute approximate surface area is 170 Å². The maximum absolute atomic E-state index is 12.7. The highest BCUT2D eigenvalue weighted by atomic mass is 16.5. The van der Waals surface area contributed by atoms with Crippen LogP contribution >= 0.6 is 0 Å². The molecule has 2 aromatic heterocycles. The lowest BCUT2D eigenvalue weighted by atomic mass is 10.1. The molecule has 0 saturated carbocycles. The number of aromatic nitrogens is 4. The van der Waals surface area contributed by atoms with Gasteiger partial charge in [-0.25, -0.2) is 4.98 Å². The summed E-state index contributed by atoms with van der Waals surface area (Å²) in [6.07, 6.45) is 3.89. The highest BCUT2D eigenvalue weighted by molar-refractivity contribution is 5.98. The van der Waals surface area contributed by atoms with E-state index in [2.05, 4.69) is 33.9 Å². The van der Waals surface area contributed by atoms with Gasteiger partial charge in [-0.2, -0.15) is 4.98 Å². The Morgan fingerprint density at radius 1 is 1.17 bits per heavy atom. The molecule has 1 aliphatic rings. The number of carbonyl (C=O) groups is 1. The molecule has 0 spiro atoms. The third-order valence-electron chi connectivity index (χ3n) is 5.11. The molecule has 152 valence electrons. The van der Waals surface area contributed by atoms with Gasteiger partial charge < -0.3 is 9.42 Å². The van der Waals surface area contributed by atoms with Crippen molar-refractivity contribution < 1.29 is 9.32 Å². The van der Waals surface area contributed by atoms with Crippen molar-refractivity contribution in [3.8, 4) is 17.2 Å². The summed E-state index contributed by atoms with van der Waals surface area (Å²) in [5.41, 5.74) is 2.99. The molecule has 29 heavy (non-hydrogen) atoms. The first-order valence-electron chi connectivity index (χ1n) is 10.1. The van der Waals surface area contributed by atoms with Crippen LogP contribution in [0.2, 0.25) is 0 Å². The van der Waals surface area contributed by atoms with Crippen LogP contribution in [0.4, 0.5) is 0 Å². The smallest absolute Gasteiger partial charge is 0.256 e. The third-order valence-corrected chi connectivity index (χ3v) is 5.11. The summed E-state index contributed by atoms with van der Waals surface area (Å²) in [4.78, 5) is 25.9. The summed E-state index contributed by atoms with van der Waals surface area (Å²) >= 11 is 0. The molecule has 8 heteroatoms. The minimum atomic E-state index is -0.0150. The first kappa shape index (κ1) is 19.3. The predicted molar refractivity (Wildman–Crippen MR) is 109 cm³/mol. The average Bonchev–Trinajstić information content (AvgIpc) is 3.32. The Morgan fingerprint density at radius 3 is 2.69 bits per heavy atom. The van der Waals surface area contributed by atoms with E-state index in [1.54, 1.807) is 18.3 Å². The number of fused-ring (bicyclic) bond motifs is 3. The summed E-state index contributed by atoms with van der Waals surface area (Å²) < 4.78 is 7.47. The fourth-order valence-corrected chi connectivity index (χ4v) is 3.79. The van der Waals surface area contributed by atoms with Crippen LogP contribution in [-0.2, 0) is 13.1 Å². The highest BCUT2D eigenvalue weighted by Crippen LogP contribution is 2.29. The second kappa shape index (κ2) is 8.16. The van der Waals surface area contributed by atoms with Gasteiger partial charge in [-0.1, -0.05) is 31.1 Å². The lowest BCUT2D eigenvalue weighted by Crippen LogP contribution is -2.25. The van der Waals surface area contributed by atoms with Crippen molar-refractivity contribution in [2.75, 3.05) is 20.1 Å². The van der Waals surface area contributed by atoms with Gasteiger partial charge >= 0.3 is 0 Å². The Morgan fingerprint density at radius 2 is 1.93 bits per heavy atom. The van der Waals surface area contributed by atoms with Gasteiger partial charge in [-0.05, 0) is 38.1 Å². The second-order valence-corrected chi connectivity index (χ2v) is 7.38. The summed E-state index contributed by atoms with van der Waals surface area (Å²) in [6, 6.07) is 7.56. The lowest BCUT2D eigenvalue weighted by molar-refractivity contribution is 0.0788. The predicted octanol–water partition coefficient (Wildman–Crippen LogP) is 3.13. The van der Waals surface area contributed by atoms with Gasteiger partial charge in [0, 0.05) is 7.05 Å². The minimum absolute atomic E-state index is 0.0150. The molecular formula is C21H26N6O2. The number of nitrogens with zero attached hydrogens (tertiary/aromatic N) is 6. The zero-order valence-corrected chi connectivity index (χ0v) is 17.1. The molecule has 0 fully saturated rings. The van der Waals surface area contributed by atoms with Crippen molar-refractivity contribution >= 4 is 5.91 Å². The van der Waals surface area contributed by atoms with E-state index in [-0.39, 0.29) is 5.91 Å². The third kappa shape index (κ3) is 3.67. The monoisotopic (exact) mass is 394 g/mol. The van der Waals surface area contributed by atoms with Gasteiger partial charge in [0.1, 0.15) is 12.0 Å². The van der Waals surface area contributed by atoms with Crippen molar-refractivity contribution in [1.29, 1.82) is 0 Å². The number of hydrogen-bond acceptors (Lipinski definition) is 6. The Hall–Kier alpha value is -3.00. The van der Waals surface area contributed by atoms with E-state index < -0.39 is 0 Å². The standard InChI is InChI=1S/C21H26N6O2/c1-4-10-26(11-5-2)13-18-23-20(24-29-18)19-17-12-25(3)21(28)15-8-6-7-9-16(15)27(17)14-22-19/h6-9,14H,4-5,10-13H2,1-3H3. The molecule has 0 unspecified atom stereocenters. The Balaban J connectivity index is 1.67. The summed E-state index contributed by atoms with van der Waals surface area (Å²) in [5, 5.41) is 4.18. The number of amides is 1. The molecule has 0 saturated heterocycles. The number of imidazole rings is 1. The van der Waals surface area contributed by atoms with Gasteiger partial charge in [0.15, 0.2) is 0 Å². The maximum atomic E-state index is 12.7. The lowest BCUT2D eigenvalue weighted by Gasteiger charge is -2.18. The van der Waals surface area contributed by atoms with Crippen LogP contribution in [0.1, 0.15) is 48.6 Å². The van der Waals surface area contributed by atoms with E-state index in [0.29, 0.717) is 36.1 Å². The fraction of sp³-hybridized carbons (Fsp3) is 0.429. The normalized spacial score (nSPS) is 13.5. The minimum Gasteiger partial charge on any atom is -0.337 e. The van der Waals surface area contributed by atoms with Crippen LogP contribution in [0, 0.1) is 0 Å². The Kier molecular flexibility index (Phi) is 5.44. The largest absolute Gasteiger partial charge is 0.337 e. The molecule has 3 heterocycles. The molecule has 3 aromatic rings. The van der Waals surface area contributed by atoms with Crippen molar-refractivity contribution in [2.24, 2.45) is 0 Å². The molecule has 0 N–H and O–H groups in total. The highest BCUT2D eigenvalue weighted by Gasteiger charge is 2.28. The maximum Gasteiger partial charge on any atom is 0.256 e. The first-order chi connectivity index (χ1) is 14.1. The fourth-order valence-electron chi connectivity index (χ4n) is 3.79. The summed E-state index contributed by atoms with van der Waals surface area (Å²) in [7, 11) is 1.79. The number of para-hydroxylation sites is 1. The molecule has 1 aromatic carbocycles. The van der Waals surface area contributed by atoms with E-state index in [1.165, 1.54) is 0 Å². The van der Waals surface area contributed by atoms with E-state index >= 15 is 0 Å². The number of hydrogen-bond donors (Lipinski definition) is 0. The molecule has 1 aliphatic heterocycles. The molecule has 8 nitrogen and oxygen atoms in total. The molecule has 0 bridgehead atoms. The molecule has 4 rings (SSSR count). The molecule has 0 atom stereocenters. The first-order valence-corrected chi connectivity index (χ1v) is 10.1. The SMILES string of the molecule is CCCN(CCC)Cc1nc(-c2ncn3c2CN(C)C(=O)c2ccccc2-3)no1. The van der Waals surface area contributed by atoms with Crippen LogP contribution in [0.3, 0.4) is 0 Å². The summed E-state index contributed by atoms with van der Waals surface area (Å²) in [5.74, 6) is 1.03. The topological polar surface area (TPSA) is 80.3 Å². The average molecular weight is 394 g/mol. The number of carbonyl (C=O) groups excluding carboxylic acids is 1. The molecular weight excluding hydrogens is 368 g/mol. The van der Waals surface area contributed by atoms with Gasteiger partial charge in [0.05, 0.1) is 30.0 Å². The van der Waals surface area contributed by atoms with Crippen molar-refractivity contribution in [3.63, 3.8) is 0 Å². The van der Waals surface area contributed by atoms with Crippen LogP contribution in [0.25, 0.3) is 17.2 Å². The van der Waals surface area contributed by atoms with Crippen LogP contribution in [-0.4, -0.2) is 55.5 Å². The van der Waals surface area contributed by atoms with Gasteiger partial charge in [-0.15, -0.1) is 0 Å². The molecule has 1 amide bonds. The van der Waals surface area contributed by atoms with Crippen molar-refractivity contribution in [3.05, 3.63) is 47.7 Å². The van der Waals surface area contributed by atoms with Gasteiger partial charge in [-0.3, -0.25) is 14.3 Å². The van der Waals surface area contributed by atoms with E-state index in [4.69, 9.17) is 4.52 Å².